The number of hydrogen-bond acceptors (Lipinski definition) is 6. The molecule has 2 aliphatic rings. The number of halogens is 3. The first kappa shape index (κ1) is 23.1. The van der Waals surface area contributed by atoms with E-state index in [9.17, 15) is 22.8 Å². The van der Waals surface area contributed by atoms with Crippen molar-refractivity contribution in [2.24, 2.45) is 5.92 Å². The number of alkyl halides is 3. The van der Waals surface area contributed by atoms with Gasteiger partial charge in [-0.15, -0.1) is 0 Å². The van der Waals surface area contributed by atoms with Crippen LogP contribution < -0.4 is 10.6 Å². The van der Waals surface area contributed by atoms with E-state index in [0.29, 0.717) is 17.7 Å². The number of nitrogens with one attached hydrogen (secondary N) is 2. The molecule has 2 N–H and O–H groups in total. The highest BCUT2D eigenvalue weighted by Gasteiger charge is 2.47. The molecular formula is C24H25F3N2O4. The summed E-state index contributed by atoms with van der Waals surface area (Å²) < 4.78 is 51.1. The molecule has 2 aliphatic heterocycles. The van der Waals surface area contributed by atoms with E-state index in [2.05, 4.69) is 10.6 Å². The summed E-state index contributed by atoms with van der Waals surface area (Å²) in [5.41, 5.74) is 1.32. The second-order valence-electron chi connectivity index (χ2n) is 8.43. The third-order valence-corrected chi connectivity index (χ3v) is 6.17. The summed E-state index contributed by atoms with van der Waals surface area (Å²) in [7, 11) is 0. The van der Waals surface area contributed by atoms with Crippen LogP contribution in [-0.2, 0) is 25.2 Å². The van der Waals surface area contributed by atoms with Crippen molar-refractivity contribution in [3.8, 4) is 0 Å². The Morgan fingerprint density at radius 1 is 1.03 bits per heavy atom. The van der Waals surface area contributed by atoms with Crippen LogP contribution in [-0.4, -0.2) is 30.7 Å². The molecule has 0 radical (unpaired) electrons. The number of rotatable bonds is 4. The van der Waals surface area contributed by atoms with Gasteiger partial charge in [-0.2, -0.15) is 13.2 Å². The minimum absolute atomic E-state index is 0.0613. The molecule has 9 heteroatoms. The fourth-order valence-corrected chi connectivity index (χ4v) is 4.78. The Balaban J connectivity index is 1.76. The Kier molecular flexibility index (Phi) is 6.34. The quantitative estimate of drug-likeness (QED) is 0.657. The smallest absolute Gasteiger partial charge is 0.416 e. The number of ether oxygens (including phenoxy) is 2. The minimum Gasteiger partial charge on any atom is -0.464 e. The molecule has 0 aromatic heterocycles. The lowest BCUT2D eigenvalue weighted by molar-refractivity contribution is -0.154. The number of benzene rings is 2. The van der Waals surface area contributed by atoms with Gasteiger partial charge in [0.2, 0.25) is 0 Å². The summed E-state index contributed by atoms with van der Waals surface area (Å²) in [5.74, 6) is -1.19. The van der Waals surface area contributed by atoms with Gasteiger partial charge in [0.25, 0.3) is 0 Å². The molecule has 33 heavy (non-hydrogen) atoms. The zero-order valence-electron chi connectivity index (χ0n) is 18.2. The van der Waals surface area contributed by atoms with E-state index in [1.165, 1.54) is 19.9 Å². The molecule has 0 amide bonds. The Bertz CT molecular complexity index is 1030. The van der Waals surface area contributed by atoms with Crippen molar-refractivity contribution in [2.75, 3.05) is 11.9 Å². The molecule has 2 aromatic rings. The van der Waals surface area contributed by atoms with Gasteiger partial charge in [0, 0.05) is 31.5 Å². The van der Waals surface area contributed by atoms with Gasteiger partial charge in [-0.1, -0.05) is 30.3 Å². The number of carbonyl (C=O) groups excluding carboxylic acids is 2. The SMILES string of the molecule is CC(=O)OC[C@H]1NC2c3cc(C(F)(F)F)ccc3NC(c3ccccc3)C2C[C@H]1OC(C)=O. The van der Waals surface area contributed by atoms with E-state index in [4.69, 9.17) is 9.47 Å². The average Bonchev–Trinajstić information content (AvgIpc) is 2.76. The van der Waals surface area contributed by atoms with Crippen LogP contribution in [0.5, 0.6) is 0 Å². The maximum Gasteiger partial charge on any atom is 0.416 e. The number of piperidine rings is 1. The molecule has 3 unspecified atom stereocenters. The maximum absolute atomic E-state index is 13.5. The van der Waals surface area contributed by atoms with Crippen LogP contribution >= 0.6 is 0 Å². The van der Waals surface area contributed by atoms with Gasteiger partial charge in [-0.05, 0) is 35.7 Å². The molecule has 6 nitrogen and oxygen atoms in total. The van der Waals surface area contributed by atoms with Gasteiger partial charge >= 0.3 is 18.1 Å². The molecule has 176 valence electrons. The number of hydrogen-bond donors (Lipinski definition) is 2. The summed E-state index contributed by atoms with van der Waals surface area (Å²) in [6, 6.07) is 12.0. The van der Waals surface area contributed by atoms with Crippen LogP contribution in [0.1, 0.15) is 49.0 Å². The van der Waals surface area contributed by atoms with Crippen LogP contribution in [0.15, 0.2) is 48.5 Å². The van der Waals surface area contributed by atoms with Crippen LogP contribution in [0.3, 0.4) is 0 Å². The molecular weight excluding hydrogens is 437 g/mol. The lowest BCUT2D eigenvalue weighted by atomic mass is 9.73. The standard InChI is InChI=1S/C24H25F3N2O4/c1-13(30)32-12-20-21(33-14(2)31)11-18-22(15-6-4-3-5-7-15)28-19-9-8-16(24(25,26)27)10-17(19)23(18)29-20/h3-10,18,20-23,28-29H,11-12H2,1-2H3/t18?,20-,21-,22?,23?/m1/s1. The average molecular weight is 462 g/mol. The van der Waals surface area contributed by atoms with Crippen molar-refractivity contribution in [3.05, 3.63) is 65.2 Å². The normalized spacial score (nSPS) is 26.4. The van der Waals surface area contributed by atoms with Crippen molar-refractivity contribution in [1.29, 1.82) is 0 Å². The zero-order chi connectivity index (χ0) is 23.8. The maximum atomic E-state index is 13.5. The molecule has 2 aromatic carbocycles. The predicted molar refractivity (Wildman–Crippen MR) is 114 cm³/mol. The summed E-state index contributed by atoms with van der Waals surface area (Å²) >= 11 is 0. The lowest BCUT2D eigenvalue weighted by Gasteiger charge is -2.48. The van der Waals surface area contributed by atoms with E-state index in [-0.39, 0.29) is 18.6 Å². The van der Waals surface area contributed by atoms with Crippen LogP contribution in [0, 0.1) is 5.92 Å². The van der Waals surface area contributed by atoms with Gasteiger partial charge in [-0.25, -0.2) is 0 Å². The third-order valence-electron chi connectivity index (χ3n) is 6.17. The molecule has 5 atom stereocenters. The number of esters is 2. The summed E-state index contributed by atoms with van der Waals surface area (Å²) in [6.45, 7) is 2.51. The van der Waals surface area contributed by atoms with Crippen molar-refractivity contribution in [3.63, 3.8) is 0 Å². The first-order valence-corrected chi connectivity index (χ1v) is 10.7. The predicted octanol–water partition coefficient (Wildman–Crippen LogP) is 4.39. The Hall–Kier alpha value is -3.07. The molecule has 0 aliphatic carbocycles. The molecule has 1 saturated heterocycles. The zero-order valence-corrected chi connectivity index (χ0v) is 18.2. The number of anilines is 1. The van der Waals surface area contributed by atoms with Crippen LogP contribution in [0.2, 0.25) is 0 Å². The Morgan fingerprint density at radius 3 is 2.39 bits per heavy atom. The van der Waals surface area contributed by atoms with Crippen molar-refractivity contribution < 1.29 is 32.2 Å². The summed E-state index contributed by atoms with van der Waals surface area (Å²) in [5, 5.41) is 6.74. The molecule has 2 heterocycles. The van der Waals surface area contributed by atoms with Gasteiger partial charge < -0.3 is 20.1 Å². The van der Waals surface area contributed by atoms with Gasteiger partial charge in [0.15, 0.2) is 0 Å². The first-order valence-electron chi connectivity index (χ1n) is 10.7. The fraction of sp³-hybridized carbons (Fsp3) is 0.417. The van der Waals surface area contributed by atoms with Crippen LogP contribution in [0.4, 0.5) is 18.9 Å². The van der Waals surface area contributed by atoms with E-state index in [0.717, 1.165) is 17.7 Å². The third kappa shape index (κ3) is 4.98. The highest BCUT2D eigenvalue weighted by molar-refractivity contribution is 5.67. The highest BCUT2D eigenvalue weighted by atomic mass is 19.4. The Morgan fingerprint density at radius 2 is 1.76 bits per heavy atom. The van der Waals surface area contributed by atoms with E-state index in [1.807, 2.05) is 30.3 Å². The second kappa shape index (κ2) is 9.05. The topological polar surface area (TPSA) is 76.7 Å². The molecule has 4 rings (SSSR count). The number of fused-ring (bicyclic) bond motifs is 3. The Labute approximate surface area is 189 Å². The van der Waals surface area contributed by atoms with Gasteiger partial charge in [-0.3, -0.25) is 9.59 Å². The number of carbonyl (C=O) groups is 2. The minimum atomic E-state index is -4.48. The molecule has 1 fully saturated rings. The van der Waals surface area contributed by atoms with E-state index < -0.39 is 41.9 Å². The monoisotopic (exact) mass is 462 g/mol. The van der Waals surface area contributed by atoms with E-state index in [1.54, 1.807) is 0 Å². The van der Waals surface area contributed by atoms with Crippen molar-refractivity contribution >= 4 is 17.6 Å². The van der Waals surface area contributed by atoms with Crippen molar-refractivity contribution in [2.45, 2.75) is 50.7 Å². The highest BCUT2D eigenvalue weighted by Crippen LogP contribution is 2.49. The molecule has 0 spiro atoms. The van der Waals surface area contributed by atoms with Crippen LogP contribution in [0.25, 0.3) is 0 Å². The van der Waals surface area contributed by atoms with E-state index >= 15 is 0 Å². The molecule has 0 bridgehead atoms. The van der Waals surface area contributed by atoms with Gasteiger partial charge in [0.05, 0.1) is 17.6 Å². The fourth-order valence-electron chi connectivity index (χ4n) is 4.78. The largest absolute Gasteiger partial charge is 0.464 e. The second-order valence-corrected chi connectivity index (χ2v) is 8.43. The first-order chi connectivity index (χ1) is 15.6. The lowest BCUT2D eigenvalue weighted by Crippen LogP contribution is -2.56. The van der Waals surface area contributed by atoms with Crippen molar-refractivity contribution in [1.82, 2.24) is 5.32 Å². The van der Waals surface area contributed by atoms with Gasteiger partial charge in [0.1, 0.15) is 12.7 Å². The molecule has 0 saturated carbocycles. The summed E-state index contributed by atoms with van der Waals surface area (Å²) in [6.07, 6.45) is -4.71. The summed E-state index contributed by atoms with van der Waals surface area (Å²) in [4.78, 5) is 23.2.